The summed E-state index contributed by atoms with van der Waals surface area (Å²) >= 11 is 7.22. The SMILES string of the molecule is Cc1c(-c2ccc(OCc3cccc(Cl)c3)cc2)sc(NC(N)=O)c1C(N)=O. The van der Waals surface area contributed by atoms with Crippen molar-refractivity contribution in [1.82, 2.24) is 0 Å². The molecule has 3 aromatic rings. The number of ether oxygens (including phenoxy) is 1. The van der Waals surface area contributed by atoms with E-state index in [0.717, 1.165) is 16.0 Å². The Bertz CT molecular complexity index is 1030. The zero-order valence-corrected chi connectivity index (χ0v) is 16.6. The Balaban J connectivity index is 1.81. The molecule has 0 saturated carbocycles. The second-order valence-corrected chi connectivity index (χ2v) is 7.51. The molecule has 0 aliphatic heterocycles. The van der Waals surface area contributed by atoms with Crippen LogP contribution in [0.4, 0.5) is 9.80 Å². The van der Waals surface area contributed by atoms with Gasteiger partial charge in [0.15, 0.2) is 0 Å². The van der Waals surface area contributed by atoms with Gasteiger partial charge in [0.05, 0.1) is 5.56 Å². The summed E-state index contributed by atoms with van der Waals surface area (Å²) in [7, 11) is 0. The number of urea groups is 1. The predicted molar refractivity (Wildman–Crippen MR) is 112 cm³/mol. The van der Waals surface area contributed by atoms with Crippen LogP contribution in [0.15, 0.2) is 48.5 Å². The van der Waals surface area contributed by atoms with E-state index in [1.165, 1.54) is 11.3 Å². The molecule has 0 radical (unpaired) electrons. The lowest BCUT2D eigenvalue weighted by atomic mass is 10.1. The molecule has 5 N–H and O–H groups in total. The zero-order valence-electron chi connectivity index (χ0n) is 15.0. The smallest absolute Gasteiger partial charge is 0.317 e. The summed E-state index contributed by atoms with van der Waals surface area (Å²) in [5, 5.41) is 3.46. The molecule has 0 saturated heterocycles. The van der Waals surface area contributed by atoms with Gasteiger partial charge in [-0.2, -0.15) is 0 Å². The molecule has 3 rings (SSSR count). The van der Waals surface area contributed by atoms with Crippen LogP contribution in [0.25, 0.3) is 10.4 Å². The number of benzene rings is 2. The summed E-state index contributed by atoms with van der Waals surface area (Å²) in [6, 6.07) is 14.2. The van der Waals surface area contributed by atoms with Crippen molar-refractivity contribution in [2.75, 3.05) is 5.32 Å². The Morgan fingerprint density at radius 2 is 1.86 bits per heavy atom. The molecule has 0 spiro atoms. The van der Waals surface area contributed by atoms with Crippen molar-refractivity contribution in [3.05, 3.63) is 70.2 Å². The van der Waals surface area contributed by atoms with Gasteiger partial charge in [-0.05, 0) is 60.0 Å². The van der Waals surface area contributed by atoms with Gasteiger partial charge in [-0.15, -0.1) is 11.3 Å². The average molecular weight is 416 g/mol. The molecular weight excluding hydrogens is 398 g/mol. The van der Waals surface area contributed by atoms with Crippen molar-refractivity contribution in [3.63, 3.8) is 0 Å². The fraction of sp³-hybridized carbons (Fsp3) is 0.100. The Hall–Kier alpha value is -3.03. The summed E-state index contributed by atoms with van der Waals surface area (Å²) < 4.78 is 5.79. The quantitative estimate of drug-likeness (QED) is 0.549. The van der Waals surface area contributed by atoms with E-state index < -0.39 is 11.9 Å². The lowest BCUT2D eigenvalue weighted by Gasteiger charge is -2.08. The zero-order chi connectivity index (χ0) is 20.3. The van der Waals surface area contributed by atoms with Crippen LogP contribution in [0.5, 0.6) is 5.75 Å². The highest BCUT2D eigenvalue weighted by Gasteiger charge is 2.21. The van der Waals surface area contributed by atoms with E-state index in [-0.39, 0.29) is 5.56 Å². The van der Waals surface area contributed by atoms with E-state index in [1.807, 2.05) is 48.5 Å². The highest BCUT2D eigenvalue weighted by molar-refractivity contribution is 7.20. The lowest BCUT2D eigenvalue weighted by Crippen LogP contribution is -2.21. The van der Waals surface area contributed by atoms with Crippen LogP contribution in [0.3, 0.4) is 0 Å². The first kappa shape index (κ1) is 19.7. The standard InChI is InChI=1S/C20H18ClN3O3S/c1-11-16(18(22)25)19(24-20(23)26)28-17(11)13-5-7-15(8-6-13)27-10-12-3-2-4-14(21)9-12/h2-9H,10H2,1H3,(H2,22,25)(H3,23,24,26). The number of thiophene rings is 1. The molecule has 1 aromatic heterocycles. The molecule has 1 heterocycles. The van der Waals surface area contributed by atoms with Gasteiger partial charge in [0.2, 0.25) is 0 Å². The normalized spacial score (nSPS) is 10.5. The van der Waals surface area contributed by atoms with Gasteiger partial charge in [-0.25, -0.2) is 4.79 Å². The number of rotatable bonds is 6. The maximum atomic E-state index is 11.8. The van der Waals surface area contributed by atoms with E-state index >= 15 is 0 Å². The third kappa shape index (κ3) is 4.44. The molecule has 0 unspecified atom stereocenters. The molecule has 0 fully saturated rings. The third-order valence-electron chi connectivity index (χ3n) is 4.04. The Morgan fingerprint density at radius 1 is 1.14 bits per heavy atom. The van der Waals surface area contributed by atoms with Crippen LogP contribution in [0.1, 0.15) is 21.5 Å². The van der Waals surface area contributed by atoms with Crippen molar-refractivity contribution < 1.29 is 14.3 Å². The van der Waals surface area contributed by atoms with Crippen LogP contribution >= 0.6 is 22.9 Å². The number of anilines is 1. The second kappa shape index (κ2) is 8.33. The Kier molecular flexibility index (Phi) is 5.87. The summed E-state index contributed by atoms with van der Waals surface area (Å²) in [5.74, 6) is 0.0776. The van der Waals surface area contributed by atoms with Crippen LogP contribution in [0.2, 0.25) is 5.02 Å². The first-order valence-electron chi connectivity index (χ1n) is 8.32. The van der Waals surface area contributed by atoms with Crippen molar-refractivity contribution >= 4 is 39.9 Å². The van der Waals surface area contributed by atoms with Gasteiger partial charge in [-0.3, -0.25) is 10.1 Å². The van der Waals surface area contributed by atoms with E-state index in [1.54, 1.807) is 6.92 Å². The monoisotopic (exact) mass is 415 g/mol. The minimum absolute atomic E-state index is 0.264. The van der Waals surface area contributed by atoms with E-state index in [4.69, 9.17) is 27.8 Å². The highest BCUT2D eigenvalue weighted by atomic mass is 35.5. The topological polar surface area (TPSA) is 107 Å². The number of nitrogens with two attached hydrogens (primary N) is 2. The van der Waals surface area contributed by atoms with E-state index in [0.29, 0.717) is 27.9 Å². The van der Waals surface area contributed by atoms with Crippen molar-refractivity contribution in [3.8, 4) is 16.2 Å². The van der Waals surface area contributed by atoms with Gasteiger partial charge in [0, 0.05) is 9.90 Å². The van der Waals surface area contributed by atoms with E-state index in [9.17, 15) is 9.59 Å². The van der Waals surface area contributed by atoms with Crippen molar-refractivity contribution in [2.45, 2.75) is 13.5 Å². The van der Waals surface area contributed by atoms with Crippen molar-refractivity contribution in [1.29, 1.82) is 0 Å². The van der Waals surface area contributed by atoms with Crippen molar-refractivity contribution in [2.24, 2.45) is 11.5 Å². The summed E-state index contributed by atoms with van der Waals surface area (Å²) in [6.07, 6.45) is 0. The molecular formula is C20H18ClN3O3S. The first-order valence-corrected chi connectivity index (χ1v) is 9.52. The van der Waals surface area contributed by atoms with Crippen LogP contribution in [-0.2, 0) is 6.61 Å². The van der Waals surface area contributed by atoms with Gasteiger partial charge in [-0.1, -0.05) is 23.7 Å². The van der Waals surface area contributed by atoms with Crippen LogP contribution in [-0.4, -0.2) is 11.9 Å². The van der Waals surface area contributed by atoms with Gasteiger partial charge in [0.25, 0.3) is 5.91 Å². The maximum absolute atomic E-state index is 11.8. The second-order valence-electron chi connectivity index (χ2n) is 6.06. The fourth-order valence-electron chi connectivity index (χ4n) is 2.78. The maximum Gasteiger partial charge on any atom is 0.317 e. The van der Waals surface area contributed by atoms with Gasteiger partial charge >= 0.3 is 6.03 Å². The molecule has 0 atom stereocenters. The summed E-state index contributed by atoms with van der Waals surface area (Å²) in [6.45, 7) is 2.18. The molecule has 2 aromatic carbocycles. The number of primary amides is 2. The summed E-state index contributed by atoms with van der Waals surface area (Å²) in [5.41, 5.74) is 13.4. The minimum atomic E-state index is -0.750. The summed E-state index contributed by atoms with van der Waals surface area (Å²) in [4.78, 5) is 23.8. The first-order chi connectivity index (χ1) is 13.3. The average Bonchev–Trinajstić information content (AvgIpc) is 2.96. The number of hydrogen-bond donors (Lipinski definition) is 3. The van der Waals surface area contributed by atoms with E-state index in [2.05, 4.69) is 5.32 Å². The van der Waals surface area contributed by atoms with Crippen LogP contribution < -0.4 is 21.5 Å². The molecule has 6 nitrogen and oxygen atoms in total. The molecule has 0 aliphatic rings. The Morgan fingerprint density at radius 3 is 2.46 bits per heavy atom. The highest BCUT2D eigenvalue weighted by Crippen LogP contribution is 2.40. The Labute approximate surface area is 171 Å². The van der Waals surface area contributed by atoms with Gasteiger partial charge < -0.3 is 16.2 Å². The molecule has 144 valence electrons. The third-order valence-corrected chi connectivity index (χ3v) is 5.53. The largest absolute Gasteiger partial charge is 0.489 e. The molecule has 0 bridgehead atoms. The minimum Gasteiger partial charge on any atom is -0.489 e. The molecule has 28 heavy (non-hydrogen) atoms. The lowest BCUT2D eigenvalue weighted by molar-refractivity contribution is 0.100. The predicted octanol–water partition coefficient (Wildman–Crippen LogP) is 4.55. The number of carbonyl (C=O) groups is 2. The van der Waals surface area contributed by atoms with Crippen LogP contribution in [0, 0.1) is 6.92 Å². The number of nitrogens with one attached hydrogen (secondary N) is 1. The number of halogens is 1. The number of amides is 3. The molecule has 3 amide bonds. The molecule has 8 heteroatoms. The fourth-order valence-corrected chi connectivity index (χ4v) is 4.21. The number of carbonyl (C=O) groups excluding carboxylic acids is 2. The molecule has 0 aliphatic carbocycles. The number of hydrogen-bond acceptors (Lipinski definition) is 4. The van der Waals surface area contributed by atoms with Gasteiger partial charge in [0.1, 0.15) is 17.4 Å².